The molecule has 8 rings (SSSR count). The highest BCUT2D eigenvalue weighted by Gasteiger charge is 2.15. The van der Waals surface area contributed by atoms with Crippen molar-refractivity contribution in [3.63, 3.8) is 0 Å². The van der Waals surface area contributed by atoms with Crippen LogP contribution in [0.3, 0.4) is 0 Å². The first-order chi connectivity index (χ1) is 20.8. The molecule has 0 atom stereocenters. The number of nitrogens with zero attached hydrogens (tertiary/aromatic N) is 2. The van der Waals surface area contributed by atoms with Gasteiger partial charge in [0.15, 0.2) is 5.82 Å². The fourth-order valence-corrected chi connectivity index (χ4v) is 5.88. The van der Waals surface area contributed by atoms with Gasteiger partial charge in [-0.2, -0.15) is 0 Å². The average molecular weight is 543 g/mol. The molecule has 0 aliphatic heterocycles. The van der Waals surface area contributed by atoms with Crippen molar-refractivity contribution < 1.29 is 4.74 Å². The normalized spacial score (nSPS) is 11.3. The second-order valence-electron chi connectivity index (χ2n) is 10.4. The van der Waals surface area contributed by atoms with Crippen molar-refractivity contribution in [1.29, 1.82) is 0 Å². The van der Waals surface area contributed by atoms with Crippen molar-refractivity contribution >= 4 is 54.0 Å². The molecule has 0 N–H and O–H groups in total. The van der Waals surface area contributed by atoms with Crippen molar-refractivity contribution in [2.24, 2.45) is 0 Å². The molecule has 0 saturated carbocycles. The van der Waals surface area contributed by atoms with E-state index in [1.165, 1.54) is 43.1 Å². The van der Waals surface area contributed by atoms with Crippen LogP contribution < -0.4 is 0 Å². The Labute approximate surface area is 245 Å². The summed E-state index contributed by atoms with van der Waals surface area (Å²) in [5, 5.41) is 11.0. The SMILES string of the molecule is CCOC.c1ccc(-c2nc(-c3ccc4c5ccccc5c5ccccc5c4c3)nc3ccc4ccccc4c23)cc1. The van der Waals surface area contributed by atoms with E-state index in [1.54, 1.807) is 7.11 Å². The summed E-state index contributed by atoms with van der Waals surface area (Å²) in [6.07, 6.45) is 0. The topological polar surface area (TPSA) is 35.0 Å². The molecule has 3 heteroatoms. The summed E-state index contributed by atoms with van der Waals surface area (Å²) >= 11 is 0. The first kappa shape index (κ1) is 25.8. The summed E-state index contributed by atoms with van der Waals surface area (Å²) in [6.45, 7) is 2.78. The molecule has 0 radical (unpaired) electrons. The van der Waals surface area contributed by atoms with Crippen molar-refractivity contribution in [2.45, 2.75) is 6.92 Å². The maximum atomic E-state index is 5.23. The van der Waals surface area contributed by atoms with Gasteiger partial charge in [0.25, 0.3) is 0 Å². The van der Waals surface area contributed by atoms with Gasteiger partial charge in [-0.3, -0.25) is 0 Å². The summed E-state index contributed by atoms with van der Waals surface area (Å²) in [7, 11) is 1.68. The molecule has 0 amide bonds. The van der Waals surface area contributed by atoms with Gasteiger partial charge >= 0.3 is 0 Å². The van der Waals surface area contributed by atoms with Gasteiger partial charge < -0.3 is 4.74 Å². The zero-order valence-electron chi connectivity index (χ0n) is 23.7. The van der Waals surface area contributed by atoms with E-state index in [0.29, 0.717) is 0 Å². The minimum absolute atomic E-state index is 0.741. The monoisotopic (exact) mass is 542 g/mol. The highest BCUT2D eigenvalue weighted by molar-refractivity contribution is 6.25. The van der Waals surface area contributed by atoms with E-state index in [2.05, 4.69) is 132 Å². The van der Waals surface area contributed by atoms with Gasteiger partial charge in [-0.15, -0.1) is 0 Å². The lowest BCUT2D eigenvalue weighted by Gasteiger charge is -2.14. The highest BCUT2D eigenvalue weighted by atomic mass is 16.5. The van der Waals surface area contributed by atoms with Gasteiger partial charge in [-0.05, 0) is 62.1 Å². The number of ether oxygens (including phenoxy) is 1. The lowest BCUT2D eigenvalue weighted by molar-refractivity contribution is 0.215. The first-order valence-electron chi connectivity index (χ1n) is 14.3. The lowest BCUT2D eigenvalue weighted by atomic mass is 9.93. The van der Waals surface area contributed by atoms with Crippen LogP contribution in [0, 0.1) is 0 Å². The number of hydrogen-bond acceptors (Lipinski definition) is 3. The molecule has 0 aliphatic rings. The predicted molar refractivity (Wildman–Crippen MR) is 178 cm³/mol. The largest absolute Gasteiger partial charge is 0.385 e. The van der Waals surface area contributed by atoms with Gasteiger partial charge in [0.1, 0.15) is 0 Å². The van der Waals surface area contributed by atoms with Crippen LogP contribution in [0.5, 0.6) is 0 Å². The molecule has 0 spiro atoms. The Hall–Kier alpha value is -5.12. The van der Waals surface area contributed by atoms with E-state index in [1.807, 2.05) is 13.0 Å². The second-order valence-corrected chi connectivity index (χ2v) is 10.4. The molecule has 7 aromatic carbocycles. The summed E-state index contributed by atoms with van der Waals surface area (Å²) in [5.74, 6) is 0.741. The molecular weight excluding hydrogens is 512 g/mol. The Morgan fingerprint density at radius 2 is 1.05 bits per heavy atom. The third-order valence-corrected chi connectivity index (χ3v) is 7.93. The maximum absolute atomic E-state index is 5.23. The number of aromatic nitrogens is 2. The summed E-state index contributed by atoms with van der Waals surface area (Å²) < 4.78 is 4.54. The van der Waals surface area contributed by atoms with Crippen molar-refractivity contribution in [3.05, 3.63) is 133 Å². The molecule has 0 saturated heterocycles. The molecule has 0 fully saturated rings. The van der Waals surface area contributed by atoms with E-state index < -0.39 is 0 Å². The van der Waals surface area contributed by atoms with Crippen molar-refractivity contribution in [2.75, 3.05) is 13.7 Å². The fraction of sp³-hybridized carbons (Fsp3) is 0.0769. The van der Waals surface area contributed by atoms with Gasteiger partial charge in [0.2, 0.25) is 0 Å². The van der Waals surface area contributed by atoms with Crippen LogP contribution in [-0.4, -0.2) is 23.7 Å². The van der Waals surface area contributed by atoms with Crippen LogP contribution in [0.1, 0.15) is 6.92 Å². The molecule has 0 bridgehead atoms. The smallest absolute Gasteiger partial charge is 0.160 e. The Morgan fingerprint density at radius 3 is 1.69 bits per heavy atom. The summed E-state index contributed by atoms with van der Waals surface area (Å²) in [6, 6.07) is 47.2. The standard InChI is InChI=1S/C36H22N2.C3H8O/c1-2-11-24(12-3-1)35-34-26-13-5-4-10-23(26)19-21-33(34)37-36(38-35)25-18-20-31-29-16-7-6-14-27(29)28-15-8-9-17-30(28)32(31)22-25;1-3-4-2/h1-22H;3H2,1-2H3. The molecular formula is C39H30N2O. The average Bonchev–Trinajstić information content (AvgIpc) is 3.08. The van der Waals surface area contributed by atoms with Crippen LogP contribution in [0.2, 0.25) is 0 Å². The molecule has 8 aromatic rings. The second kappa shape index (κ2) is 11.0. The molecule has 0 aliphatic carbocycles. The molecule has 0 unspecified atom stereocenters. The number of benzene rings is 7. The Bertz CT molecular complexity index is 2180. The third kappa shape index (κ3) is 4.45. The van der Waals surface area contributed by atoms with Gasteiger partial charge in [0.05, 0.1) is 11.2 Å². The minimum atomic E-state index is 0.741. The number of rotatable bonds is 3. The zero-order valence-corrected chi connectivity index (χ0v) is 23.7. The maximum Gasteiger partial charge on any atom is 0.160 e. The van der Waals surface area contributed by atoms with E-state index in [-0.39, 0.29) is 0 Å². The van der Waals surface area contributed by atoms with Crippen LogP contribution in [-0.2, 0) is 4.74 Å². The zero-order chi connectivity index (χ0) is 28.5. The van der Waals surface area contributed by atoms with E-state index in [0.717, 1.165) is 40.2 Å². The van der Waals surface area contributed by atoms with E-state index in [9.17, 15) is 0 Å². The fourth-order valence-electron chi connectivity index (χ4n) is 5.88. The summed E-state index contributed by atoms with van der Waals surface area (Å²) in [4.78, 5) is 10.3. The van der Waals surface area contributed by atoms with Crippen LogP contribution in [0.4, 0.5) is 0 Å². The van der Waals surface area contributed by atoms with Crippen LogP contribution >= 0.6 is 0 Å². The van der Waals surface area contributed by atoms with Crippen LogP contribution in [0.25, 0.3) is 76.6 Å². The lowest BCUT2D eigenvalue weighted by Crippen LogP contribution is -1.96. The number of methoxy groups -OCH3 is 1. The van der Waals surface area contributed by atoms with Gasteiger partial charge in [-0.1, -0.05) is 121 Å². The predicted octanol–water partition coefficient (Wildman–Crippen LogP) is 10.2. The molecule has 202 valence electrons. The first-order valence-corrected chi connectivity index (χ1v) is 14.3. The van der Waals surface area contributed by atoms with Gasteiger partial charge in [0, 0.05) is 30.2 Å². The molecule has 42 heavy (non-hydrogen) atoms. The van der Waals surface area contributed by atoms with Gasteiger partial charge in [-0.25, -0.2) is 9.97 Å². The minimum Gasteiger partial charge on any atom is -0.385 e. The molecule has 1 aromatic heterocycles. The quantitative estimate of drug-likeness (QED) is 0.208. The van der Waals surface area contributed by atoms with Crippen LogP contribution in [0.15, 0.2) is 133 Å². The van der Waals surface area contributed by atoms with E-state index >= 15 is 0 Å². The van der Waals surface area contributed by atoms with Crippen molar-refractivity contribution in [3.8, 4) is 22.6 Å². The highest BCUT2D eigenvalue weighted by Crippen LogP contribution is 2.38. The van der Waals surface area contributed by atoms with E-state index in [4.69, 9.17) is 9.97 Å². The summed E-state index contributed by atoms with van der Waals surface area (Å²) in [5.41, 5.74) is 4.03. The Balaban J connectivity index is 0.000000680. The number of fused-ring (bicyclic) bond motifs is 9. The third-order valence-electron chi connectivity index (χ3n) is 7.93. The van der Waals surface area contributed by atoms with Crippen molar-refractivity contribution in [1.82, 2.24) is 9.97 Å². The Kier molecular flexibility index (Phi) is 6.79. The number of hydrogen-bond donors (Lipinski definition) is 0. The molecule has 3 nitrogen and oxygen atoms in total. The molecule has 1 heterocycles. The Morgan fingerprint density at radius 1 is 0.500 bits per heavy atom.